The van der Waals surface area contributed by atoms with Crippen LogP contribution in [0, 0.1) is 12.7 Å². The molecule has 2 N–H and O–H groups in total. The maximum atomic E-state index is 15.1. The molecule has 41 heavy (non-hydrogen) atoms. The largest absolute Gasteiger partial charge is 0.480 e. The molecule has 0 saturated heterocycles. The van der Waals surface area contributed by atoms with Crippen LogP contribution in [0.15, 0.2) is 94.3 Å². The maximum absolute atomic E-state index is 15.1. The smallest absolute Gasteiger partial charge is 0.326 e. The van der Waals surface area contributed by atoms with Gasteiger partial charge in [0.1, 0.15) is 17.6 Å². The lowest BCUT2D eigenvalue weighted by molar-refractivity contribution is -0.139. The Bertz CT molecular complexity index is 1700. The van der Waals surface area contributed by atoms with Crippen molar-refractivity contribution in [3.63, 3.8) is 0 Å². The number of nitrogens with one attached hydrogen (secondary N) is 1. The number of aryl methyl sites for hydroxylation is 1. The van der Waals surface area contributed by atoms with Gasteiger partial charge in [0.15, 0.2) is 0 Å². The average molecular weight is 569 g/mol. The first kappa shape index (κ1) is 27.7. The number of thioether (sulfide) groups is 1. The van der Waals surface area contributed by atoms with Crippen LogP contribution in [0.3, 0.4) is 0 Å². The minimum absolute atomic E-state index is 0.0711. The Labute approximate surface area is 239 Å². The van der Waals surface area contributed by atoms with Gasteiger partial charge in [-0.15, -0.1) is 11.8 Å². The maximum Gasteiger partial charge on any atom is 0.326 e. The van der Waals surface area contributed by atoms with Crippen molar-refractivity contribution in [2.75, 3.05) is 6.26 Å². The van der Waals surface area contributed by atoms with E-state index >= 15 is 4.39 Å². The van der Waals surface area contributed by atoms with E-state index in [0.717, 1.165) is 16.0 Å². The Hall–Kier alpha value is -4.83. The number of aromatic nitrogens is 3. The summed E-state index contributed by atoms with van der Waals surface area (Å²) >= 11 is 1.62. The Balaban J connectivity index is 1.29. The minimum Gasteiger partial charge on any atom is -0.480 e. The number of carboxylic acids is 1. The van der Waals surface area contributed by atoms with Crippen LogP contribution in [0.2, 0.25) is 0 Å². The third-order valence-electron chi connectivity index (χ3n) is 6.41. The number of carboxylic acid groups (broad SMARTS) is 1. The predicted octanol–water partition coefficient (Wildman–Crippen LogP) is 6.06. The predicted molar refractivity (Wildman–Crippen MR) is 154 cm³/mol. The number of nitrogens with zero attached hydrogens (tertiary/aromatic N) is 3. The van der Waals surface area contributed by atoms with Gasteiger partial charge in [0.2, 0.25) is 5.82 Å². The van der Waals surface area contributed by atoms with Crippen LogP contribution in [0.5, 0.6) is 0 Å². The zero-order chi connectivity index (χ0) is 28.9. The van der Waals surface area contributed by atoms with Gasteiger partial charge in [0, 0.05) is 22.4 Å². The summed E-state index contributed by atoms with van der Waals surface area (Å²) in [6.45, 7) is 1.96. The van der Waals surface area contributed by atoms with Gasteiger partial charge in [0.25, 0.3) is 11.8 Å². The van der Waals surface area contributed by atoms with E-state index < -0.39 is 23.7 Å². The number of carbonyl (C=O) groups excluding carboxylic acids is 1. The van der Waals surface area contributed by atoms with Gasteiger partial charge in [-0.1, -0.05) is 47.1 Å². The number of hydrogen-bond acceptors (Lipinski definition) is 7. The fourth-order valence-electron chi connectivity index (χ4n) is 4.16. The Morgan fingerprint density at radius 2 is 1.71 bits per heavy atom. The highest BCUT2D eigenvalue weighted by Crippen LogP contribution is 2.26. The molecule has 2 aromatic heterocycles. The molecule has 1 atom stereocenters. The first-order chi connectivity index (χ1) is 19.8. The van der Waals surface area contributed by atoms with Gasteiger partial charge in [-0.2, -0.15) is 4.98 Å². The Morgan fingerprint density at radius 3 is 2.39 bits per heavy atom. The molecule has 0 aliphatic carbocycles. The van der Waals surface area contributed by atoms with Crippen LogP contribution in [0.25, 0.3) is 34.1 Å². The molecule has 10 heteroatoms. The first-order valence-electron chi connectivity index (χ1n) is 12.7. The minimum atomic E-state index is -1.31. The van der Waals surface area contributed by atoms with Gasteiger partial charge in [0.05, 0.1) is 11.3 Å². The molecule has 0 spiro atoms. The molecule has 0 saturated carbocycles. The summed E-state index contributed by atoms with van der Waals surface area (Å²) in [7, 11) is 0. The van der Waals surface area contributed by atoms with E-state index in [4.69, 9.17) is 4.52 Å². The topological polar surface area (TPSA) is 118 Å². The number of rotatable bonds is 9. The molecule has 0 aliphatic rings. The second-order valence-corrected chi connectivity index (χ2v) is 10.2. The summed E-state index contributed by atoms with van der Waals surface area (Å²) in [4.78, 5) is 34.7. The molecule has 0 radical (unpaired) electrons. The van der Waals surface area contributed by atoms with Crippen molar-refractivity contribution in [3.8, 4) is 34.1 Å². The molecular formula is C31H25FN4O4S. The standard InChI is InChI=1S/C31H25FN4O4S/c1-18-6-9-21(10-7-18)30-35-28(36-40-30)23-15-8-19(16-24(23)32)17-27(31(38)39)34-29(37)26-5-3-4-25(33-26)20-11-13-22(41-2)14-12-20/h3-16,27H,17H2,1-2H3,(H,34,37)(H,38,39). The molecule has 0 fully saturated rings. The summed E-state index contributed by atoms with van der Waals surface area (Å²) in [6.07, 6.45) is 1.84. The summed E-state index contributed by atoms with van der Waals surface area (Å²) in [5, 5.41) is 16.2. The zero-order valence-corrected chi connectivity index (χ0v) is 23.0. The van der Waals surface area contributed by atoms with E-state index in [1.54, 1.807) is 30.0 Å². The van der Waals surface area contributed by atoms with Gasteiger partial charge in [-0.25, -0.2) is 14.2 Å². The fourth-order valence-corrected chi connectivity index (χ4v) is 4.57. The van der Waals surface area contributed by atoms with Crippen LogP contribution in [-0.2, 0) is 11.2 Å². The number of halogens is 1. The average Bonchev–Trinajstić information content (AvgIpc) is 3.47. The second kappa shape index (κ2) is 12.1. The summed E-state index contributed by atoms with van der Waals surface area (Å²) in [5.41, 5.74) is 3.76. The Kier molecular flexibility index (Phi) is 8.21. The van der Waals surface area contributed by atoms with E-state index in [0.29, 0.717) is 16.8 Å². The fraction of sp³-hybridized carbons (Fsp3) is 0.129. The van der Waals surface area contributed by atoms with E-state index in [1.807, 2.05) is 61.7 Å². The molecule has 206 valence electrons. The van der Waals surface area contributed by atoms with Crippen molar-refractivity contribution in [2.45, 2.75) is 24.3 Å². The van der Waals surface area contributed by atoms with Crippen molar-refractivity contribution in [1.29, 1.82) is 0 Å². The highest BCUT2D eigenvalue weighted by atomic mass is 32.2. The first-order valence-corrected chi connectivity index (χ1v) is 13.9. The van der Waals surface area contributed by atoms with E-state index in [9.17, 15) is 14.7 Å². The number of hydrogen-bond donors (Lipinski definition) is 2. The van der Waals surface area contributed by atoms with Crippen LogP contribution < -0.4 is 5.32 Å². The van der Waals surface area contributed by atoms with Crippen LogP contribution in [0.1, 0.15) is 21.6 Å². The van der Waals surface area contributed by atoms with Crippen LogP contribution >= 0.6 is 11.8 Å². The van der Waals surface area contributed by atoms with E-state index in [2.05, 4.69) is 20.4 Å². The third kappa shape index (κ3) is 6.50. The van der Waals surface area contributed by atoms with Gasteiger partial charge < -0.3 is 14.9 Å². The second-order valence-electron chi connectivity index (χ2n) is 9.31. The number of carbonyl (C=O) groups is 2. The number of amides is 1. The number of pyridine rings is 1. The van der Waals surface area contributed by atoms with Crippen molar-refractivity contribution < 1.29 is 23.6 Å². The third-order valence-corrected chi connectivity index (χ3v) is 7.15. The van der Waals surface area contributed by atoms with E-state index in [-0.39, 0.29) is 29.4 Å². The summed E-state index contributed by atoms with van der Waals surface area (Å²) < 4.78 is 20.4. The van der Waals surface area contributed by atoms with Crippen molar-refractivity contribution in [1.82, 2.24) is 20.4 Å². The molecule has 1 amide bonds. The van der Waals surface area contributed by atoms with Gasteiger partial charge >= 0.3 is 5.97 Å². The monoisotopic (exact) mass is 568 g/mol. The van der Waals surface area contributed by atoms with Gasteiger partial charge in [-0.3, -0.25) is 4.79 Å². The highest BCUT2D eigenvalue weighted by molar-refractivity contribution is 7.98. The van der Waals surface area contributed by atoms with Crippen molar-refractivity contribution in [2.24, 2.45) is 0 Å². The van der Waals surface area contributed by atoms with Gasteiger partial charge in [-0.05, 0) is 67.3 Å². The lowest BCUT2D eigenvalue weighted by Gasteiger charge is -2.15. The molecule has 8 nitrogen and oxygen atoms in total. The van der Waals surface area contributed by atoms with Crippen molar-refractivity contribution in [3.05, 3.63) is 108 Å². The molecular weight excluding hydrogens is 543 g/mol. The molecule has 5 aromatic rings. The summed E-state index contributed by atoms with van der Waals surface area (Å²) in [6, 6.07) is 23.1. The molecule has 5 rings (SSSR count). The van der Waals surface area contributed by atoms with Crippen molar-refractivity contribution >= 4 is 23.6 Å². The lowest BCUT2D eigenvalue weighted by atomic mass is 10.0. The molecule has 3 aromatic carbocycles. The lowest BCUT2D eigenvalue weighted by Crippen LogP contribution is -2.42. The molecule has 0 bridgehead atoms. The van der Waals surface area contributed by atoms with Crippen LogP contribution in [-0.4, -0.2) is 44.4 Å². The summed E-state index contributed by atoms with van der Waals surface area (Å²) in [5.74, 6) is -2.22. The van der Waals surface area contributed by atoms with Crippen LogP contribution in [0.4, 0.5) is 4.39 Å². The molecule has 1 unspecified atom stereocenters. The SMILES string of the molecule is CSc1ccc(-c2cccc(C(=O)NC(Cc3ccc(-c4noc(-c5ccc(C)cc5)n4)c(F)c3)C(=O)O)n2)cc1. The highest BCUT2D eigenvalue weighted by Gasteiger charge is 2.23. The van der Waals surface area contributed by atoms with E-state index in [1.165, 1.54) is 18.2 Å². The Morgan fingerprint density at radius 1 is 0.976 bits per heavy atom. The molecule has 2 heterocycles. The quantitative estimate of drug-likeness (QED) is 0.206. The number of benzene rings is 3. The molecule has 0 aliphatic heterocycles. The number of aliphatic carboxylic acids is 1. The zero-order valence-electron chi connectivity index (χ0n) is 22.2. The normalized spacial score (nSPS) is 11.7.